The van der Waals surface area contributed by atoms with Gasteiger partial charge in [0.05, 0.1) is 20.2 Å². The average Bonchev–Trinajstić information content (AvgIpc) is 3.20. The Hall–Kier alpha value is -2.78. The third-order valence-corrected chi connectivity index (χ3v) is 7.61. The molecule has 0 saturated carbocycles. The lowest BCUT2D eigenvalue weighted by atomic mass is 9.91. The topological polar surface area (TPSA) is 70.1 Å². The Kier molecular flexibility index (Phi) is 6.88. The van der Waals surface area contributed by atoms with Crippen molar-refractivity contribution < 1.29 is 19.1 Å². The predicted octanol–water partition coefficient (Wildman–Crippen LogP) is 3.48. The Bertz CT molecular complexity index is 947. The second-order valence-corrected chi connectivity index (χ2v) is 10.1. The van der Waals surface area contributed by atoms with Crippen LogP contribution in [0.5, 0.6) is 5.75 Å². The van der Waals surface area contributed by atoms with Crippen molar-refractivity contribution in [3.63, 3.8) is 0 Å². The van der Waals surface area contributed by atoms with Crippen LogP contribution in [0.25, 0.3) is 0 Å². The third kappa shape index (κ3) is 5.11. The number of hydrogen-bond acceptors (Lipinski definition) is 8. The smallest absolute Gasteiger partial charge is 0.417 e. The predicted molar refractivity (Wildman–Crippen MR) is 134 cm³/mol. The van der Waals surface area contributed by atoms with Crippen molar-refractivity contribution in [3.05, 3.63) is 36.5 Å². The maximum atomic E-state index is 12.7. The first-order chi connectivity index (χ1) is 17.0. The first-order valence-corrected chi connectivity index (χ1v) is 12.8. The Labute approximate surface area is 207 Å². The number of guanidine groups is 1. The van der Waals surface area contributed by atoms with E-state index in [0.717, 1.165) is 57.6 Å². The summed E-state index contributed by atoms with van der Waals surface area (Å²) in [7, 11) is 1.58. The largest absolute Gasteiger partial charge is 0.490 e. The van der Waals surface area contributed by atoms with Gasteiger partial charge in [0.2, 0.25) is 5.96 Å². The van der Waals surface area contributed by atoms with E-state index < -0.39 is 5.60 Å². The SMILES string of the molecule is CON1CC=CN=C1N1CC2(CCN(c3ccc(OC4CCN(C(C)C)CC4)cc3)CC2)OC1=O. The molecule has 9 nitrogen and oxygen atoms in total. The number of rotatable bonds is 5. The molecule has 0 unspecified atom stereocenters. The lowest BCUT2D eigenvalue weighted by Gasteiger charge is -2.38. The lowest BCUT2D eigenvalue weighted by molar-refractivity contribution is -0.0649. The number of anilines is 1. The van der Waals surface area contributed by atoms with Gasteiger partial charge in [0.1, 0.15) is 17.5 Å². The van der Waals surface area contributed by atoms with Crippen LogP contribution in [-0.2, 0) is 9.57 Å². The highest BCUT2D eigenvalue weighted by Crippen LogP contribution is 2.36. The van der Waals surface area contributed by atoms with Gasteiger partial charge in [0.25, 0.3) is 0 Å². The Morgan fingerprint density at radius 1 is 1.09 bits per heavy atom. The molecule has 9 heteroatoms. The maximum Gasteiger partial charge on any atom is 0.417 e. The Balaban J connectivity index is 1.14. The van der Waals surface area contributed by atoms with Crippen molar-refractivity contribution in [1.29, 1.82) is 0 Å². The van der Waals surface area contributed by atoms with Crippen LogP contribution in [0, 0.1) is 0 Å². The highest BCUT2D eigenvalue weighted by molar-refractivity contribution is 5.95. The molecule has 35 heavy (non-hydrogen) atoms. The van der Waals surface area contributed by atoms with Gasteiger partial charge in [-0.1, -0.05) is 0 Å². The molecule has 5 rings (SSSR count). The monoisotopic (exact) mass is 483 g/mol. The fourth-order valence-electron chi connectivity index (χ4n) is 5.42. The molecule has 190 valence electrons. The van der Waals surface area contributed by atoms with Gasteiger partial charge < -0.3 is 19.3 Å². The number of benzene rings is 1. The third-order valence-electron chi connectivity index (χ3n) is 7.61. The highest BCUT2D eigenvalue weighted by Gasteiger charge is 2.49. The van der Waals surface area contributed by atoms with Crippen LogP contribution in [0.2, 0.25) is 0 Å². The second kappa shape index (κ2) is 10.1. The fourth-order valence-corrected chi connectivity index (χ4v) is 5.42. The van der Waals surface area contributed by atoms with Crippen LogP contribution in [0.4, 0.5) is 10.5 Å². The van der Waals surface area contributed by atoms with Crippen LogP contribution in [0.3, 0.4) is 0 Å². The number of ether oxygens (including phenoxy) is 2. The maximum absolute atomic E-state index is 12.7. The van der Waals surface area contributed by atoms with Crippen molar-refractivity contribution in [2.45, 2.75) is 57.3 Å². The van der Waals surface area contributed by atoms with Gasteiger partial charge in [-0.2, -0.15) is 0 Å². The van der Waals surface area contributed by atoms with Gasteiger partial charge in [0.15, 0.2) is 0 Å². The number of likely N-dealkylation sites (tertiary alicyclic amines) is 1. The summed E-state index contributed by atoms with van der Waals surface area (Å²) in [6, 6.07) is 9.06. The fraction of sp³-hybridized carbons (Fsp3) is 0.615. The summed E-state index contributed by atoms with van der Waals surface area (Å²) < 4.78 is 12.2. The molecular formula is C26H37N5O4. The van der Waals surface area contributed by atoms with E-state index in [2.05, 4.69) is 52.9 Å². The summed E-state index contributed by atoms with van der Waals surface area (Å²) in [5.41, 5.74) is 0.695. The van der Waals surface area contributed by atoms with Gasteiger partial charge in [-0.15, -0.1) is 0 Å². The molecule has 0 bridgehead atoms. The van der Waals surface area contributed by atoms with E-state index >= 15 is 0 Å². The van der Waals surface area contributed by atoms with Crippen LogP contribution in [0.1, 0.15) is 39.5 Å². The van der Waals surface area contributed by atoms with E-state index in [1.807, 2.05) is 6.08 Å². The van der Waals surface area contributed by atoms with E-state index in [1.165, 1.54) is 5.69 Å². The minimum Gasteiger partial charge on any atom is -0.490 e. The zero-order valence-electron chi connectivity index (χ0n) is 21.1. The van der Waals surface area contributed by atoms with Crippen molar-refractivity contribution in [2.24, 2.45) is 4.99 Å². The number of hydroxylamine groups is 2. The summed E-state index contributed by atoms with van der Waals surface area (Å²) in [5.74, 6) is 1.43. The van der Waals surface area contributed by atoms with Gasteiger partial charge in [-0.05, 0) is 57.0 Å². The Morgan fingerprint density at radius 2 is 1.80 bits per heavy atom. The first kappa shape index (κ1) is 23.9. The van der Waals surface area contributed by atoms with Crippen LogP contribution < -0.4 is 9.64 Å². The average molecular weight is 484 g/mol. The molecule has 1 amide bonds. The van der Waals surface area contributed by atoms with E-state index in [-0.39, 0.29) is 6.09 Å². The number of carbonyl (C=O) groups excluding carboxylic acids is 1. The molecule has 1 aromatic rings. The number of nitrogens with zero attached hydrogens (tertiary/aromatic N) is 5. The number of amides is 1. The normalized spacial score (nSPS) is 23.3. The molecule has 3 saturated heterocycles. The van der Waals surface area contributed by atoms with Gasteiger partial charge in [-0.3, -0.25) is 4.84 Å². The number of piperidine rings is 2. The van der Waals surface area contributed by atoms with E-state index in [0.29, 0.717) is 31.2 Å². The molecule has 0 radical (unpaired) electrons. The van der Waals surface area contributed by atoms with Crippen molar-refractivity contribution in [3.8, 4) is 5.75 Å². The second-order valence-electron chi connectivity index (χ2n) is 10.1. The molecular weight excluding hydrogens is 446 g/mol. The van der Waals surface area contributed by atoms with Crippen molar-refractivity contribution in [1.82, 2.24) is 14.9 Å². The summed E-state index contributed by atoms with van der Waals surface area (Å²) in [6.45, 7) is 9.42. The Morgan fingerprint density at radius 3 is 2.46 bits per heavy atom. The minimum atomic E-state index is -0.482. The van der Waals surface area contributed by atoms with Crippen LogP contribution in [0.15, 0.2) is 41.5 Å². The molecule has 4 heterocycles. The van der Waals surface area contributed by atoms with Crippen molar-refractivity contribution >= 4 is 17.7 Å². The first-order valence-electron chi connectivity index (χ1n) is 12.8. The van der Waals surface area contributed by atoms with Crippen molar-refractivity contribution in [2.75, 3.05) is 51.3 Å². The summed E-state index contributed by atoms with van der Waals surface area (Å²) in [6.07, 6.45) is 7.24. The lowest BCUT2D eigenvalue weighted by Crippen LogP contribution is -2.49. The number of carbonyl (C=O) groups is 1. The van der Waals surface area contributed by atoms with Crippen LogP contribution >= 0.6 is 0 Å². The van der Waals surface area contributed by atoms with E-state index in [4.69, 9.17) is 14.3 Å². The van der Waals surface area contributed by atoms with Crippen LogP contribution in [-0.4, -0.2) is 91.0 Å². The molecule has 3 fully saturated rings. The molecule has 1 spiro atoms. The van der Waals surface area contributed by atoms with Gasteiger partial charge in [-0.25, -0.2) is 19.8 Å². The van der Waals surface area contributed by atoms with E-state index in [9.17, 15) is 4.79 Å². The molecule has 4 aliphatic heterocycles. The minimum absolute atomic E-state index is 0.295. The quantitative estimate of drug-likeness (QED) is 0.635. The number of aliphatic imine (C=N–C) groups is 1. The molecule has 0 aromatic heterocycles. The summed E-state index contributed by atoms with van der Waals surface area (Å²) in [5, 5.41) is 1.60. The molecule has 1 aromatic carbocycles. The summed E-state index contributed by atoms with van der Waals surface area (Å²) >= 11 is 0. The molecule has 0 N–H and O–H groups in total. The molecule has 4 aliphatic rings. The van der Waals surface area contributed by atoms with Gasteiger partial charge in [0, 0.05) is 56.9 Å². The summed E-state index contributed by atoms with van der Waals surface area (Å²) in [4.78, 5) is 28.9. The highest BCUT2D eigenvalue weighted by atomic mass is 16.7. The zero-order valence-corrected chi connectivity index (χ0v) is 21.1. The molecule has 0 atom stereocenters. The molecule has 0 aliphatic carbocycles. The number of hydrogen-bond donors (Lipinski definition) is 0. The van der Waals surface area contributed by atoms with E-state index in [1.54, 1.807) is 23.3 Å². The zero-order chi connectivity index (χ0) is 24.4. The van der Waals surface area contributed by atoms with Gasteiger partial charge >= 0.3 is 6.09 Å². The standard InChI is InChI=1S/C26H37N5O4/c1-20(2)28-15-9-23(10-16-28)34-22-7-5-21(6-8-22)29-17-11-26(12-18-29)19-30(25(32)35-26)24-27-13-4-14-31(24)33-3/h4-8,13,20,23H,9-12,14-19H2,1-3H3.